The van der Waals surface area contributed by atoms with Crippen molar-refractivity contribution in [1.29, 1.82) is 0 Å². The van der Waals surface area contributed by atoms with Gasteiger partial charge in [0.05, 0.1) is 5.71 Å². The summed E-state index contributed by atoms with van der Waals surface area (Å²) in [5.41, 5.74) is 6.07. The maximum absolute atomic E-state index is 12.2. The number of hydrogen-bond donors (Lipinski definition) is 1. The van der Waals surface area contributed by atoms with E-state index in [0.29, 0.717) is 12.0 Å². The van der Waals surface area contributed by atoms with E-state index < -0.39 is 0 Å². The first kappa shape index (κ1) is 15.6. The molecule has 0 radical (unpaired) electrons. The Morgan fingerprint density at radius 1 is 0.833 bits per heavy atom. The van der Waals surface area contributed by atoms with Gasteiger partial charge < -0.3 is 0 Å². The maximum Gasteiger partial charge on any atom is 0.271 e. The van der Waals surface area contributed by atoms with Crippen LogP contribution in [-0.2, 0) is 6.42 Å². The molecule has 0 bridgehead atoms. The highest BCUT2D eigenvalue weighted by Gasteiger charge is 2.08. The summed E-state index contributed by atoms with van der Waals surface area (Å²) in [6, 6.07) is 22.8. The molecule has 1 N–H and O–H groups in total. The normalized spacial score (nSPS) is 11.1. The second-order valence-electron chi connectivity index (χ2n) is 5.26. The van der Waals surface area contributed by atoms with Crippen molar-refractivity contribution in [3.8, 4) is 0 Å². The number of benzene rings is 2. The van der Waals surface area contributed by atoms with E-state index in [-0.39, 0.29) is 5.91 Å². The third-order valence-electron chi connectivity index (χ3n) is 3.56. The van der Waals surface area contributed by atoms with E-state index >= 15 is 0 Å². The highest BCUT2D eigenvalue weighted by molar-refractivity contribution is 6.03. The Labute approximate surface area is 140 Å². The van der Waals surface area contributed by atoms with Gasteiger partial charge in [-0.05, 0) is 29.8 Å². The molecule has 1 amide bonds. The molecule has 3 aromatic rings. The zero-order chi connectivity index (χ0) is 16.6. The van der Waals surface area contributed by atoms with Gasteiger partial charge >= 0.3 is 0 Å². The van der Waals surface area contributed by atoms with Crippen molar-refractivity contribution in [2.75, 3.05) is 0 Å². The van der Waals surface area contributed by atoms with Crippen molar-refractivity contribution in [3.05, 3.63) is 102 Å². The summed E-state index contributed by atoms with van der Waals surface area (Å²) in [4.78, 5) is 16.2. The van der Waals surface area contributed by atoms with Crippen molar-refractivity contribution in [2.24, 2.45) is 5.10 Å². The molecular formula is C20H17N3O. The standard InChI is InChI=1S/C20H17N3O/c24-20(18-9-5-2-6-10-18)23-22-19(17-11-13-21-14-12-17)15-16-7-3-1-4-8-16/h1-14H,15H2,(H,23,24). The Hall–Kier alpha value is -3.27. The van der Waals surface area contributed by atoms with Crippen LogP contribution in [0.3, 0.4) is 0 Å². The minimum Gasteiger partial charge on any atom is -0.267 e. The van der Waals surface area contributed by atoms with E-state index in [1.54, 1.807) is 24.5 Å². The lowest BCUT2D eigenvalue weighted by Gasteiger charge is -2.08. The molecule has 1 aromatic heterocycles. The minimum absolute atomic E-state index is 0.227. The first-order valence-corrected chi connectivity index (χ1v) is 7.69. The molecule has 0 spiro atoms. The van der Waals surface area contributed by atoms with Gasteiger partial charge in [-0.15, -0.1) is 0 Å². The lowest BCUT2D eigenvalue weighted by Crippen LogP contribution is -2.21. The average Bonchev–Trinajstić information content (AvgIpc) is 2.67. The van der Waals surface area contributed by atoms with E-state index in [1.807, 2.05) is 60.7 Å². The van der Waals surface area contributed by atoms with E-state index in [2.05, 4.69) is 15.5 Å². The monoisotopic (exact) mass is 315 g/mol. The van der Waals surface area contributed by atoms with Gasteiger partial charge in [0.1, 0.15) is 0 Å². The first-order chi connectivity index (χ1) is 11.8. The highest BCUT2D eigenvalue weighted by Crippen LogP contribution is 2.08. The van der Waals surface area contributed by atoms with Crippen LogP contribution in [0.25, 0.3) is 0 Å². The van der Waals surface area contributed by atoms with Crippen molar-refractivity contribution >= 4 is 11.6 Å². The fraction of sp³-hybridized carbons (Fsp3) is 0.0500. The summed E-state index contributed by atoms with van der Waals surface area (Å²) in [7, 11) is 0. The lowest BCUT2D eigenvalue weighted by molar-refractivity contribution is 0.0955. The molecule has 4 nitrogen and oxygen atoms in total. The van der Waals surface area contributed by atoms with E-state index in [4.69, 9.17) is 0 Å². The Bertz CT molecular complexity index is 815. The summed E-state index contributed by atoms with van der Waals surface area (Å²) in [6.45, 7) is 0. The zero-order valence-electron chi connectivity index (χ0n) is 13.1. The first-order valence-electron chi connectivity index (χ1n) is 7.69. The predicted octanol–water partition coefficient (Wildman–Crippen LogP) is 3.46. The second-order valence-corrected chi connectivity index (χ2v) is 5.26. The fourth-order valence-corrected chi connectivity index (χ4v) is 2.31. The summed E-state index contributed by atoms with van der Waals surface area (Å²) in [5.74, 6) is -0.227. The number of nitrogens with one attached hydrogen (secondary N) is 1. The van der Waals surface area contributed by atoms with Crippen LogP contribution >= 0.6 is 0 Å². The smallest absolute Gasteiger partial charge is 0.267 e. The quantitative estimate of drug-likeness (QED) is 0.579. The lowest BCUT2D eigenvalue weighted by atomic mass is 10.0. The van der Waals surface area contributed by atoms with Gasteiger partial charge in [-0.1, -0.05) is 48.5 Å². The second kappa shape index (κ2) is 7.83. The fourth-order valence-electron chi connectivity index (χ4n) is 2.31. The van der Waals surface area contributed by atoms with Crippen molar-refractivity contribution in [3.63, 3.8) is 0 Å². The van der Waals surface area contributed by atoms with Crippen molar-refractivity contribution in [2.45, 2.75) is 6.42 Å². The van der Waals surface area contributed by atoms with Gasteiger partial charge in [-0.25, -0.2) is 5.43 Å². The van der Waals surface area contributed by atoms with Gasteiger partial charge in [-0.3, -0.25) is 9.78 Å². The van der Waals surface area contributed by atoms with Crippen LogP contribution in [0.1, 0.15) is 21.5 Å². The Kier molecular flexibility index (Phi) is 5.10. The molecule has 3 rings (SSSR count). The highest BCUT2D eigenvalue weighted by atomic mass is 16.2. The number of carbonyl (C=O) groups excluding carboxylic acids is 1. The van der Waals surface area contributed by atoms with Crippen molar-refractivity contribution in [1.82, 2.24) is 10.4 Å². The molecule has 0 aliphatic carbocycles. The average molecular weight is 315 g/mol. The molecule has 0 unspecified atom stereocenters. The molecule has 0 fully saturated rings. The third-order valence-corrected chi connectivity index (χ3v) is 3.56. The summed E-state index contributed by atoms with van der Waals surface area (Å²) >= 11 is 0. The molecule has 1 heterocycles. The van der Waals surface area contributed by atoms with Crippen LogP contribution in [0.5, 0.6) is 0 Å². The third kappa shape index (κ3) is 4.14. The predicted molar refractivity (Wildman–Crippen MR) is 94.8 cm³/mol. The van der Waals surface area contributed by atoms with Gasteiger partial charge in [0.2, 0.25) is 0 Å². The van der Waals surface area contributed by atoms with Gasteiger partial charge in [0.25, 0.3) is 5.91 Å². The van der Waals surface area contributed by atoms with Gasteiger partial charge in [0, 0.05) is 29.9 Å². The number of pyridine rings is 1. The largest absolute Gasteiger partial charge is 0.271 e. The number of hydrogen-bond acceptors (Lipinski definition) is 3. The molecule has 0 atom stereocenters. The molecule has 0 saturated heterocycles. The van der Waals surface area contributed by atoms with Crippen LogP contribution in [0.2, 0.25) is 0 Å². The zero-order valence-corrected chi connectivity index (χ0v) is 13.1. The summed E-state index contributed by atoms with van der Waals surface area (Å²) < 4.78 is 0. The Balaban J connectivity index is 1.83. The summed E-state index contributed by atoms with van der Waals surface area (Å²) in [5, 5.41) is 4.35. The van der Waals surface area contributed by atoms with E-state index in [1.165, 1.54) is 0 Å². The topological polar surface area (TPSA) is 54.4 Å². The van der Waals surface area contributed by atoms with E-state index in [0.717, 1.165) is 16.8 Å². The summed E-state index contributed by atoms with van der Waals surface area (Å²) in [6.07, 6.45) is 4.06. The number of hydrazone groups is 1. The van der Waals surface area contributed by atoms with Crippen molar-refractivity contribution < 1.29 is 4.79 Å². The number of aromatic nitrogens is 1. The van der Waals surface area contributed by atoms with E-state index in [9.17, 15) is 4.79 Å². The Morgan fingerprint density at radius 3 is 2.12 bits per heavy atom. The van der Waals surface area contributed by atoms with Gasteiger partial charge in [-0.2, -0.15) is 5.10 Å². The molecule has 2 aromatic carbocycles. The maximum atomic E-state index is 12.2. The van der Waals surface area contributed by atoms with Crippen LogP contribution in [0.15, 0.2) is 90.3 Å². The molecular weight excluding hydrogens is 298 g/mol. The number of rotatable bonds is 5. The number of nitrogens with zero attached hydrogens (tertiary/aromatic N) is 2. The SMILES string of the molecule is O=C(NN=C(Cc1ccccc1)c1ccncc1)c1ccccc1. The van der Waals surface area contributed by atoms with Crippen LogP contribution in [0.4, 0.5) is 0 Å². The number of amides is 1. The molecule has 4 heteroatoms. The Morgan fingerprint density at radius 2 is 1.46 bits per heavy atom. The molecule has 0 aliphatic rings. The van der Waals surface area contributed by atoms with Crippen LogP contribution < -0.4 is 5.43 Å². The molecule has 24 heavy (non-hydrogen) atoms. The molecule has 0 aliphatic heterocycles. The molecule has 0 saturated carbocycles. The minimum atomic E-state index is -0.227. The number of carbonyl (C=O) groups is 1. The van der Waals surface area contributed by atoms with Crippen LogP contribution in [-0.4, -0.2) is 16.6 Å². The van der Waals surface area contributed by atoms with Crippen LogP contribution in [0, 0.1) is 0 Å². The van der Waals surface area contributed by atoms with Gasteiger partial charge in [0.15, 0.2) is 0 Å². The molecule has 118 valence electrons.